The molecule has 2 aromatic rings. The molecular formula is C15H20N6O2. The molecule has 8 heteroatoms. The zero-order valence-electron chi connectivity index (χ0n) is 13.2. The van der Waals surface area contributed by atoms with Crippen LogP contribution in [0.25, 0.3) is 0 Å². The molecule has 0 unspecified atom stereocenters. The fraction of sp³-hybridized carbons (Fsp3) is 0.600. The van der Waals surface area contributed by atoms with Crippen molar-refractivity contribution in [2.75, 3.05) is 13.1 Å². The summed E-state index contributed by atoms with van der Waals surface area (Å²) in [7, 11) is 1.84. The number of carbonyl (C=O) groups excluding carboxylic acids is 1. The van der Waals surface area contributed by atoms with Crippen molar-refractivity contribution in [2.45, 2.75) is 32.4 Å². The van der Waals surface area contributed by atoms with Crippen LogP contribution in [0.3, 0.4) is 0 Å². The van der Waals surface area contributed by atoms with Crippen LogP contribution in [-0.4, -0.2) is 47.8 Å². The van der Waals surface area contributed by atoms with Gasteiger partial charge in [-0.3, -0.25) is 9.36 Å². The van der Waals surface area contributed by atoms with Gasteiger partial charge in [-0.15, -0.1) is 0 Å². The van der Waals surface area contributed by atoms with Crippen LogP contribution in [-0.2, 0) is 26.6 Å². The molecule has 2 aromatic heterocycles. The summed E-state index contributed by atoms with van der Waals surface area (Å²) in [6.45, 7) is 2.31. The van der Waals surface area contributed by atoms with Crippen LogP contribution < -0.4 is 5.69 Å². The van der Waals surface area contributed by atoms with Crippen LogP contribution in [0.1, 0.15) is 29.2 Å². The van der Waals surface area contributed by atoms with Crippen molar-refractivity contribution >= 4 is 5.91 Å². The molecule has 4 rings (SSSR count). The maximum Gasteiger partial charge on any atom is 0.345 e. The monoisotopic (exact) mass is 316 g/mol. The number of hydrogen-bond donors (Lipinski definition) is 0. The Labute approximate surface area is 133 Å². The van der Waals surface area contributed by atoms with E-state index < -0.39 is 0 Å². The van der Waals surface area contributed by atoms with Gasteiger partial charge in [-0.05, 0) is 18.8 Å². The molecule has 0 atom stereocenters. The van der Waals surface area contributed by atoms with Crippen LogP contribution in [0.2, 0.25) is 0 Å². The average Bonchev–Trinajstić information content (AvgIpc) is 3.22. The second kappa shape index (κ2) is 5.36. The van der Waals surface area contributed by atoms with Crippen molar-refractivity contribution in [3.05, 3.63) is 34.5 Å². The number of amides is 1. The molecule has 23 heavy (non-hydrogen) atoms. The van der Waals surface area contributed by atoms with Gasteiger partial charge in [0.25, 0.3) is 5.91 Å². The van der Waals surface area contributed by atoms with E-state index in [0.717, 1.165) is 12.4 Å². The maximum absolute atomic E-state index is 12.5. The molecule has 0 saturated heterocycles. The third-order valence-corrected chi connectivity index (χ3v) is 4.54. The van der Waals surface area contributed by atoms with Crippen molar-refractivity contribution in [2.24, 2.45) is 13.0 Å². The third kappa shape index (κ3) is 2.69. The molecule has 0 radical (unpaired) electrons. The smallest absolute Gasteiger partial charge is 0.340 e. The summed E-state index contributed by atoms with van der Waals surface area (Å²) in [6, 6.07) is 0. The number of aromatic nitrogens is 5. The minimum atomic E-state index is -0.0883. The Morgan fingerprint density at radius 1 is 1.30 bits per heavy atom. The lowest BCUT2D eigenvalue weighted by Crippen LogP contribution is -2.35. The van der Waals surface area contributed by atoms with E-state index in [9.17, 15) is 9.59 Å². The molecule has 8 nitrogen and oxygen atoms in total. The van der Waals surface area contributed by atoms with Crippen LogP contribution in [0.15, 0.2) is 17.3 Å². The first-order valence-electron chi connectivity index (χ1n) is 8.05. The zero-order chi connectivity index (χ0) is 16.0. The van der Waals surface area contributed by atoms with Crippen molar-refractivity contribution in [3.8, 4) is 0 Å². The molecule has 0 N–H and O–H groups in total. The summed E-state index contributed by atoms with van der Waals surface area (Å²) in [4.78, 5) is 30.8. The predicted molar refractivity (Wildman–Crippen MR) is 82.0 cm³/mol. The number of carbonyl (C=O) groups is 1. The lowest BCUT2D eigenvalue weighted by molar-refractivity contribution is 0.0753. The van der Waals surface area contributed by atoms with Gasteiger partial charge < -0.3 is 9.47 Å². The largest absolute Gasteiger partial charge is 0.345 e. The quantitative estimate of drug-likeness (QED) is 0.791. The number of fused-ring (bicyclic) bond motifs is 1. The third-order valence-electron chi connectivity index (χ3n) is 4.54. The summed E-state index contributed by atoms with van der Waals surface area (Å²) in [6.07, 6.45) is 6.33. The van der Waals surface area contributed by atoms with Crippen LogP contribution in [0, 0.1) is 5.92 Å². The van der Waals surface area contributed by atoms with Crippen molar-refractivity contribution in [1.29, 1.82) is 0 Å². The van der Waals surface area contributed by atoms with Gasteiger partial charge in [0.2, 0.25) is 0 Å². The van der Waals surface area contributed by atoms with Gasteiger partial charge in [0, 0.05) is 45.8 Å². The van der Waals surface area contributed by atoms with Gasteiger partial charge in [-0.1, -0.05) is 0 Å². The molecular weight excluding hydrogens is 296 g/mol. The van der Waals surface area contributed by atoms with E-state index in [4.69, 9.17) is 0 Å². The number of rotatable bonds is 3. The van der Waals surface area contributed by atoms with Crippen molar-refractivity contribution < 1.29 is 4.79 Å². The molecule has 0 spiro atoms. The van der Waals surface area contributed by atoms with Crippen LogP contribution in [0.5, 0.6) is 0 Å². The van der Waals surface area contributed by atoms with E-state index in [1.807, 2.05) is 7.05 Å². The number of nitrogens with zero attached hydrogens (tertiary/aromatic N) is 6. The van der Waals surface area contributed by atoms with E-state index >= 15 is 0 Å². The maximum atomic E-state index is 12.5. The van der Waals surface area contributed by atoms with Gasteiger partial charge in [-0.25, -0.2) is 14.5 Å². The highest BCUT2D eigenvalue weighted by Gasteiger charge is 2.27. The molecule has 0 bridgehead atoms. The Morgan fingerprint density at radius 2 is 2.13 bits per heavy atom. The summed E-state index contributed by atoms with van der Waals surface area (Å²) >= 11 is 0. The van der Waals surface area contributed by atoms with Crippen molar-refractivity contribution in [1.82, 2.24) is 28.8 Å². The van der Waals surface area contributed by atoms with Crippen LogP contribution >= 0.6 is 0 Å². The standard InChI is InChI=1S/C15H20N6O2/c1-18-9-12(16-10-18)14(22)19-5-4-13-17-21(8-11-2-3-11)15(23)20(13)7-6-19/h9-11H,2-8H2,1H3. The Bertz CT molecular complexity index is 797. The predicted octanol–water partition coefficient (Wildman–Crippen LogP) is -0.113. The van der Waals surface area contributed by atoms with Gasteiger partial charge in [0.15, 0.2) is 0 Å². The molecule has 0 aromatic carbocycles. The first-order chi connectivity index (χ1) is 11.1. The van der Waals surface area contributed by atoms with Gasteiger partial charge >= 0.3 is 5.69 Å². The van der Waals surface area contributed by atoms with E-state index in [1.54, 1.807) is 31.2 Å². The fourth-order valence-corrected chi connectivity index (χ4v) is 3.02. The Kier molecular flexibility index (Phi) is 3.32. The van der Waals surface area contributed by atoms with E-state index in [1.165, 1.54) is 12.8 Å². The molecule has 1 fully saturated rings. The average molecular weight is 316 g/mol. The number of imidazole rings is 1. The van der Waals surface area contributed by atoms with Gasteiger partial charge in [0.1, 0.15) is 11.5 Å². The lowest BCUT2D eigenvalue weighted by Gasteiger charge is -2.18. The highest BCUT2D eigenvalue weighted by molar-refractivity contribution is 5.92. The Hall–Kier alpha value is -2.38. The number of hydrogen-bond acceptors (Lipinski definition) is 4. The molecule has 2 aliphatic rings. The minimum Gasteiger partial charge on any atom is -0.340 e. The lowest BCUT2D eigenvalue weighted by atomic mass is 10.3. The topological polar surface area (TPSA) is 78.0 Å². The minimum absolute atomic E-state index is 0.0426. The van der Waals surface area contributed by atoms with E-state index in [2.05, 4.69) is 10.1 Å². The first-order valence-corrected chi connectivity index (χ1v) is 8.05. The molecule has 3 heterocycles. The van der Waals surface area contributed by atoms with E-state index in [-0.39, 0.29) is 11.6 Å². The molecule has 122 valence electrons. The highest BCUT2D eigenvalue weighted by Crippen LogP contribution is 2.29. The highest BCUT2D eigenvalue weighted by atomic mass is 16.2. The van der Waals surface area contributed by atoms with Crippen molar-refractivity contribution in [3.63, 3.8) is 0 Å². The SMILES string of the molecule is Cn1cnc(C(=O)N2CCc3nn(CC4CC4)c(=O)n3CC2)c1. The normalized spacial score (nSPS) is 17.9. The van der Waals surface area contributed by atoms with Gasteiger partial charge in [0.05, 0.1) is 6.33 Å². The summed E-state index contributed by atoms with van der Waals surface area (Å²) < 4.78 is 5.07. The zero-order valence-corrected chi connectivity index (χ0v) is 13.2. The van der Waals surface area contributed by atoms with Crippen LogP contribution in [0.4, 0.5) is 0 Å². The molecule has 1 aliphatic heterocycles. The number of aryl methyl sites for hydroxylation is 1. The second-order valence-electron chi connectivity index (χ2n) is 6.44. The summed E-state index contributed by atoms with van der Waals surface area (Å²) in [5.41, 5.74) is 0.400. The molecule has 1 saturated carbocycles. The summed E-state index contributed by atoms with van der Waals surface area (Å²) in [5, 5.41) is 4.47. The summed E-state index contributed by atoms with van der Waals surface area (Å²) in [5.74, 6) is 1.32. The molecule has 1 aliphatic carbocycles. The fourth-order valence-electron chi connectivity index (χ4n) is 3.02. The van der Waals surface area contributed by atoms with Gasteiger partial charge in [-0.2, -0.15) is 5.10 Å². The second-order valence-corrected chi connectivity index (χ2v) is 6.44. The first kappa shape index (κ1) is 14.2. The van der Waals surface area contributed by atoms with E-state index in [0.29, 0.717) is 37.7 Å². The Morgan fingerprint density at radius 3 is 2.83 bits per heavy atom. The molecule has 1 amide bonds. The Balaban J connectivity index is 1.50.